The summed E-state index contributed by atoms with van der Waals surface area (Å²) >= 11 is 1.66. The lowest BCUT2D eigenvalue weighted by molar-refractivity contribution is -0.0330. The molecule has 1 saturated heterocycles. The summed E-state index contributed by atoms with van der Waals surface area (Å²) in [5, 5.41) is 3.08. The van der Waals surface area contributed by atoms with Crippen molar-refractivity contribution in [3.05, 3.63) is 40.5 Å². The van der Waals surface area contributed by atoms with E-state index in [-0.39, 0.29) is 6.10 Å². The fraction of sp³-hybridized carbons (Fsp3) is 0.529. The molecule has 23 heavy (non-hydrogen) atoms. The number of hydrogen-bond donors (Lipinski definition) is 0. The van der Waals surface area contributed by atoms with Gasteiger partial charge in [-0.05, 0) is 25.5 Å². The number of hydrogen-bond acceptors (Lipinski definition) is 6. The number of anilines is 1. The smallest absolute Gasteiger partial charge is 0.128 e. The van der Waals surface area contributed by atoms with Crippen molar-refractivity contribution in [1.29, 1.82) is 0 Å². The standard InChI is InChI=1S/C17H24N4OS/c1-13(2)20(3)16-5-4-14(10-19-16)11-21-7-8-22-15(12-21)17-18-6-9-23-17/h4-6,9-10,13,15H,7-8,11-12H2,1-3H3/t15-/m1/s1. The van der Waals surface area contributed by atoms with Crippen LogP contribution in [0.5, 0.6) is 0 Å². The van der Waals surface area contributed by atoms with Gasteiger partial charge in [-0.2, -0.15) is 0 Å². The molecule has 6 heteroatoms. The monoisotopic (exact) mass is 332 g/mol. The Balaban J connectivity index is 1.60. The minimum absolute atomic E-state index is 0.100. The second-order valence-corrected chi connectivity index (χ2v) is 7.12. The summed E-state index contributed by atoms with van der Waals surface area (Å²) in [6, 6.07) is 4.73. The molecular weight excluding hydrogens is 308 g/mol. The van der Waals surface area contributed by atoms with Gasteiger partial charge in [-0.15, -0.1) is 11.3 Å². The molecule has 0 aromatic carbocycles. The van der Waals surface area contributed by atoms with Gasteiger partial charge in [-0.3, -0.25) is 4.90 Å². The highest BCUT2D eigenvalue weighted by Crippen LogP contribution is 2.24. The van der Waals surface area contributed by atoms with Crippen LogP contribution >= 0.6 is 11.3 Å². The van der Waals surface area contributed by atoms with E-state index < -0.39 is 0 Å². The van der Waals surface area contributed by atoms with Crippen LogP contribution < -0.4 is 4.90 Å². The predicted molar refractivity (Wildman–Crippen MR) is 93.9 cm³/mol. The van der Waals surface area contributed by atoms with Crippen molar-refractivity contribution in [1.82, 2.24) is 14.9 Å². The number of aromatic nitrogens is 2. The predicted octanol–water partition coefficient (Wildman–Crippen LogP) is 2.96. The van der Waals surface area contributed by atoms with Crippen molar-refractivity contribution < 1.29 is 4.74 Å². The Labute approximate surface area is 141 Å². The van der Waals surface area contributed by atoms with Gasteiger partial charge in [0.25, 0.3) is 0 Å². The summed E-state index contributed by atoms with van der Waals surface area (Å²) in [7, 11) is 2.08. The molecule has 1 aliphatic rings. The second-order valence-electron chi connectivity index (χ2n) is 6.19. The Morgan fingerprint density at radius 1 is 1.39 bits per heavy atom. The van der Waals surface area contributed by atoms with Crippen LogP contribution in [-0.4, -0.2) is 47.7 Å². The lowest BCUT2D eigenvalue weighted by Gasteiger charge is -2.32. The van der Waals surface area contributed by atoms with Gasteiger partial charge in [0.15, 0.2) is 0 Å². The molecule has 0 aliphatic carbocycles. The minimum Gasteiger partial charge on any atom is -0.368 e. The van der Waals surface area contributed by atoms with Gasteiger partial charge in [0.05, 0.1) is 6.61 Å². The van der Waals surface area contributed by atoms with Crippen LogP contribution in [0.2, 0.25) is 0 Å². The van der Waals surface area contributed by atoms with Gasteiger partial charge in [0, 0.05) is 50.5 Å². The summed E-state index contributed by atoms with van der Waals surface area (Å²) in [5.74, 6) is 1.02. The highest BCUT2D eigenvalue weighted by atomic mass is 32.1. The molecule has 1 aliphatic heterocycles. The van der Waals surface area contributed by atoms with Crippen LogP contribution in [0.3, 0.4) is 0 Å². The van der Waals surface area contributed by atoms with Crippen molar-refractivity contribution in [2.45, 2.75) is 32.5 Å². The normalized spacial score (nSPS) is 19.2. The molecule has 0 unspecified atom stereocenters. The average molecular weight is 332 g/mol. The van der Waals surface area contributed by atoms with Crippen molar-refractivity contribution >= 4 is 17.2 Å². The molecule has 1 fully saturated rings. The van der Waals surface area contributed by atoms with Gasteiger partial charge in [-0.25, -0.2) is 9.97 Å². The maximum Gasteiger partial charge on any atom is 0.128 e. The molecule has 2 aromatic rings. The Hall–Kier alpha value is -1.50. The number of ether oxygens (including phenoxy) is 1. The number of morpholine rings is 1. The molecule has 0 bridgehead atoms. The van der Waals surface area contributed by atoms with E-state index in [2.05, 4.69) is 52.8 Å². The molecular formula is C17H24N4OS. The SMILES string of the molecule is CC(C)N(C)c1ccc(CN2CCO[C@@H](c3nccs3)C2)cn1. The summed E-state index contributed by atoms with van der Waals surface area (Å²) in [4.78, 5) is 13.6. The van der Waals surface area contributed by atoms with E-state index in [1.54, 1.807) is 11.3 Å². The zero-order chi connectivity index (χ0) is 16.2. The summed E-state index contributed by atoms with van der Waals surface area (Å²) in [5.41, 5.74) is 1.24. The molecule has 124 valence electrons. The molecule has 2 aromatic heterocycles. The van der Waals surface area contributed by atoms with E-state index in [0.29, 0.717) is 6.04 Å². The van der Waals surface area contributed by atoms with Crippen LogP contribution in [0, 0.1) is 0 Å². The van der Waals surface area contributed by atoms with Gasteiger partial charge < -0.3 is 9.64 Å². The van der Waals surface area contributed by atoms with Crippen LogP contribution in [0.1, 0.15) is 30.5 Å². The summed E-state index contributed by atoms with van der Waals surface area (Å²) in [6.45, 7) is 7.84. The number of nitrogens with zero attached hydrogens (tertiary/aromatic N) is 4. The second kappa shape index (κ2) is 7.38. The zero-order valence-electron chi connectivity index (χ0n) is 14.0. The molecule has 5 nitrogen and oxygen atoms in total. The third-order valence-electron chi connectivity index (χ3n) is 4.23. The Morgan fingerprint density at radius 2 is 2.26 bits per heavy atom. The first-order chi connectivity index (χ1) is 11.1. The summed E-state index contributed by atoms with van der Waals surface area (Å²) in [6.07, 6.45) is 3.93. The van der Waals surface area contributed by atoms with Crippen LogP contribution in [-0.2, 0) is 11.3 Å². The fourth-order valence-electron chi connectivity index (χ4n) is 2.63. The third kappa shape index (κ3) is 4.07. The molecule has 0 amide bonds. The molecule has 3 rings (SSSR count). The largest absolute Gasteiger partial charge is 0.368 e. The lowest BCUT2D eigenvalue weighted by Crippen LogP contribution is -2.37. The fourth-order valence-corrected chi connectivity index (χ4v) is 3.31. The molecule has 0 saturated carbocycles. The van der Waals surface area contributed by atoms with E-state index in [0.717, 1.165) is 37.1 Å². The van der Waals surface area contributed by atoms with E-state index in [1.807, 2.05) is 17.8 Å². The Kier molecular flexibility index (Phi) is 5.25. The quantitative estimate of drug-likeness (QED) is 0.842. The van der Waals surface area contributed by atoms with Gasteiger partial charge in [0.1, 0.15) is 16.9 Å². The van der Waals surface area contributed by atoms with E-state index >= 15 is 0 Å². The highest BCUT2D eigenvalue weighted by molar-refractivity contribution is 7.09. The Morgan fingerprint density at radius 3 is 2.91 bits per heavy atom. The number of thiazole rings is 1. The highest BCUT2D eigenvalue weighted by Gasteiger charge is 2.23. The average Bonchev–Trinajstić information content (AvgIpc) is 3.10. The number of rotatable bonds is 5. The minimum atomic E-state index is 0.100. The molecule has 0 N–H and O–H groups in total. The van der Waals surface area contributed by atoms with Crippen LogP contribution in [0.25, 0.3) is 0 Å². The lowest BCUT2D eigenvalue weighted by atomic mass is 10.2. The molecule has 1 atom stereocenters. The first-order valence-corrected chi connectivity index (χ1v) is 8.92. The zero-order valence-corrected chi connectivity index (χ0v) is 14.8. The van der Waals surface area contributed by atoms with Gasteiger partial charge in [-0.1, -0.05) is 6.07 Å². The van der Waals surface area contributed by atoms with E-state index in [1.165, 1.54) is 5.56 Å². The first-order valence-electron chi connectivity index (χ1n) is 8.04. The topological polar surface area (TPSA) is 41.5 Å². The molecule has 3 heterocycles. The van der Waals surface area contributed by atoms with Crippen molar-refractivity contribution in [2.24, 2.45) is 0 Å². The molecule has 0 radical (unpaired) electrons. The van der Waals surface area contributed by atoms with Gasteiger partial charge >= 0.3 is 0 Å². The summed E-state index contributed by atoms with van der Waals surface area (Å²) < 4.78 is 5.85. The van der Waals surface area contributed by atoms with E-state index in [4.69, 9.17) is 4.74 Å². The van der Waals surface area contributed by atoms with Crippen molar-refractivity contribution in [2.75, 3.05) is 31.6 Å². The first kappa shape index (κ1) is 16.4. The van der Waals surface area contributed by atoms with Crippen LogP contribution in [0.15, 0.2) is 29.9 Å². The third-order valence-corrected chi connectivity index (χ3v) is 5.10. The van der Waals surface area contributed by atoms with Crippen molar-refractivity contribution in [3.8, 4) is 0 Å². The van der Waals surface area contributed by atoms with E-state index in [9.17, 15) is 0 Å². The Bertz CT molecular complexity index is 600. The maximum atomic E-state index is 5.85. The van der Waals surface area contributed by atoms with Gasteiger partial charge in [0.2, 0.25) is 0 Å². The van der Waals surface area contributed by atoms with Crippen LogP contribution in [0.4, 0.5) is 5.82 Å². The van der Waals surface area contributed by atoms with Crippen molar-refractivity contribution in [3.63, 3.8) is 0 Å². The molecule has 0 spiro atoms. The number of pyridine rings is 1. The maximum absolute atomic E-state index is 5.85.